The van der Waals surface area contributed by atoms with Gasteiger partial charge in [0, 0.05) is 21.0 Å². The van der Waals surface area contributed by atoms with Crippen LogP contribution < -0.4 is 10.6 Å². The third-order valence-electron chi connectivity index (χ3n) is 6.14. The maximum Gasteiger partial charge on any atom is 0.341 e. The van der Waals surface area contributed by atoms with E-state index < -0.39 is 11.2 Å². The average Bonchev–Trinajstić information content (AvgIpc) is 3.03. The molecule has 3 aromatic rings. The van der Waals surface area contributed by atoms with Crippen molar-refractivity contribution >= 4 is 51.6 Å². The molecule has 1 unspecified atom stereocenters. The third-order valence-corrected chi connectivity index (χ3v) is 8.44. The highest BCUT2D eigenvalue weighted by atomic mass is 32.2. The van der Waals surface area contributed by atoms with Gasteiger partial charge in [0.2, 0.25) is 5.91 Å². The Bertz CT molecular complexity index is 1270. The van der Waals surface area contributed by atoms with Gasteiger partial charge < -0.3 is 15.4 Å². The third kappa shape index (κ3) is 6.17. The number of benzene rings is 2. The fraction of sp³-hybridized carbons (Fsp3) is 0.321. The van der Waals surface area contributed by atoms with Gasteiger partial charge in [-0.1, -0.05) is 30.2 Å². The molecule has 1 aromatic heterocycles. The fourth-order valence-corrected chi connectivity index (χ4v) is 6.38. The number of ether oxygens (including phenoxy) is 1. The summed E-state index contributed by atoms with van der Waals surface area (Å²) in [5.74, 6) is -0.770. The molecule has 2 aromatic carbocycles. The van der Waals surface area contributed by atoms with Crippen LogP contribution in [0.2, 0.25) is 0 Å². The van der Waals surface area contributed by atoms with Crippen LogP contribution >= 0.6 is 23.1 Å². The van der Waals surface area contributed by atoms with E-state index >= 15 is 0 Å². The van der Waals surface area contributed by atoms with Crippen LogP contribution in [-0.2, 0) is 22.4 Å². The molecule has 188 valence electrons. The summed E-state index contributed by atoms with van der Waals surface area (Å²) in [6, 6.07) is 14.8. The SMILES string of the molecule is COC(=O)c1c(NC(=O)C(C)Sc2cccc(NC(=O)c3ccc(C)cc3)c2)sc2c1CCCCC2. The molecule has 6 nitrogen and oxygen atoms in total. The Labute approximate surface area is 219 Å². The van der Waals surface area contributed by atoms with E-state index in [-0.39, 0.29) is 11.8 Å². The summed E-state index contributed by atoms with van der Waals surface area (Å²) in [6.45, 7) is 3.80. The monoisotopic (exact) mass is 522 g/mol. The van der Waals surface area contributed by atoms with E-state index in [4.69, 9.17) is 4.74 Å². The fourth-order valence-electron chi connectivity index (χ4n) is 4.18. The minimum atomic E-state index is -0.416. The number of thioether (sulfide) groups is 1. The molecule has 1 atom stereocenters. The van der Waals surface area contributed by atoms with Crippen LogP contribution in [0.25, 0.3) is 0 Å². The summed E-state index contributed by atoms with van der Waals surface area (Å²) in [5.41, 5.74) is 3.87. The van der Waals surface area contributed by atoms with E-state index in [1.54, 1.807) is 12.1 Å². The number of amides is 2. The number of hydrogen-bond donors (Lipinski definition) is 2. The number of rotatable bonds is 7. The Morgan fingerprint density at radius 3 is 2.50 bits per heavy atom. The van der Waals surface area contributed by atoms with Crippen LogP contribution in [0.5, 0.6) is 0 Å². The lowest BCUT2D eigenvalue weighted by molar-refractivity contribution is -0.115. The molecule has 0 spiro atoms. The first-order chi connectivity index (χ1) is 17.4. The quantitative estimate of drug-likeness (QED) is 0.211. The zero-order chi connectivity index (χ0) is 25.7. The second kappa shape index (κ2) is 11.8. The van der Waals surface area contributed by atoms with Gasteiger partial charge in [-0.05, 0) is 75.4 Å². The van der Waals surface area contributed by atoms with Crippen LogP contribution in [0.15, 0.2) is 53.4 Å². The highest BCUT2D eigenvalue weighted by molar-refractivity contribution is 8.00. The molecule has 0 saturated heterocycles. The van der Waals surface area contributed by atoms with Crippen LogP contribution in [0, 0.1) is 6.92 Å². The molecule has 2 N–H and O–H groups in total. The van der Waals surface area contributed by atoms with Gasteiger partial charge in [0.05, 0.1) is 17.9 Å². The number of methoxy groups -OCH3 is 1. The Morgan fingerprint density at radius 1 is 1.00 bits per heavy atom. The number of nitrogens with one attached hydrogen (secondary N) is 2. The molecular weight excluding hydrogens is 492 g/mol. The van der Waals surface area contributed by atoms with E-state index in [2.05, 4.69) is 10.6 Å². The molecule has 4 rings (SSSR count). The normalized spacial score (nSPS) is 13.8. The number of hydrogen-bond acceptors (Lipinski definition) is 6. The summed E-state index contributed by atoms with van der Waals surface area (Å²) < 4.78 is 5.04. The minimum Gasteiger partial charge on any atom is -0.465 e. The lowest BCUT2D eigenvalue weighted by Crippen LogP contribution is -2.23. The second-order valence-electron chi connectivity index (χ2n) is 8.86. The Kier molecular flexibility index (Phi) is 8.48. The van der Waals surface area contributed by atoms with E-state index in [1.165, 1.54) is 35.1 Å². The van der Waals surface area contributed by atoms with E-state index in [9.17, 15) is 14.4 Å². The van der Waals surface area contributed by atoms with Crippen LogP contribution in [0.4, 0.5) is 10.7 Å². The topological polar surface area (TPSA) is 84.5 Å². The van der Waals surface area contributed by atoms with Gasteiger partial charge in [0.1, 0.15) is 5.00 Å². The Hall–Kier alpha value is -3.10. The van der Waals surface area contributed by atoms with Crippen molar-refractivity contribution in [3.05, 3.63) is 75.7 Å². The second-order valence-corrected chi connectivity index (χ2v) is 11.4. The molecule has 8 heteroatoms. The van der Waals surface area contributed by atoms with Crippen molar-refractivity contribution in [3.8, 4) is 0 Å². The van der Waals surface area contributed by atoms with Crippen molar-refractivity contribution in [2.45, 2.75) is 56.1 Å². The average molecular weight is 523 g/mol. The molecule has 0 bridgehead atoms. The Balaban J connectivity index is 1.44. The molecule has 0 saturated carbocycles. The van der Waals surface area contributed by atoms with Crippen molar-refractivity contribution in [3.63, 3.8) is 0 Å². The molecule has 36 heavy (non-hydrogen) atoms. The standard InChI is InChI=1S/C28H30N2O4S2/c1-17-12-14-19(15-13-17)26(32)29-20-8-7-9-21(16-20)35-18(2)25(31)30-27-24(28(33)34-3)22-10-5-4-6-11-23(22)36-27/h7-9,12-16,18H,4-6,10-11H2,1-3H3,(H,29,32)(H,30,31). The zero-order valence-corrected chi connectivity index (χ0v) is 22.3. The first kappa shape index (κ1) is 26.0. The van der Waals surface area contributed by atoms with Gasteiger partial charge in [0.25, 0.3) is 5.91 Å². The number of aryl methyl sites for hydroxylation is 2. The van der Waals surface area contributed by atoms with E-state index in [1.807, 2.05) is 50.2 Å². The maximum atomic E-state index is 13.1. The van der Waals surface area contributed by atoms with E-state index in [0.29, 0.717) is 21.8 Å². The number of carbonyl (C=O) groups is 3. The maximum absolute atomic E-state index is 13.1. The minimum absolute atomic E-state index is 0.184. The van der Waals surface area contributed by atoms with Gasteiger partial charge in [-0.3, -0.25) is 9.59 Å². The van der Waals surface area contributed by atoms with Gasteiger partial charge >= 0.3 is 5.97 Å². The molecule has 2 amide bonds. The first-order valence-electron chi connectivity index (χ1n) is 12.0. The summed E-state index contributed by atoms with van der Waals surface area (Å²) in [7, 11) is 1.37. The van der Waals surface area contributed by atoms with Crippen LogP contribution in [0.3, 0.4) is 0 Å². The largest absolute Gasteiger partial charge is 0.465 e. The molecule has 1 heterocycles. The molecule has 0 aliphatic heterocycles. The molecule has 0 fully saturated rings. The van der Waals surface area contributed by atoms with Gasteiger partial charge in [-0.25, -0.2) is 4.79 Å². The van der Waals surface area contributed by atoms with Gasteiger partial charge in [0.15, 0.2) is 0 Å². The zero-order valence-electron chi connectivity index (χ0n) is 20.7. The highest BCUT2D eigenvalue weighted by Crippen LogP contribution is 2.38. The predicted molar refractivity (Wildman–Crippen MR) is 146 cm³/mol. The molecule has 0 radical (unpaired) electrons. The van der Waals surface area contributed by atoms with Gasteiger partial charge in [-0.2, -0.15) is 0 Å². The van der Waals surface area contributed by atoms with Crippen LogP contribution in [0.1, 0.15) is 62.9 Å². The smallest absolute Gasteiger partial charge is 0.341 e. The van der Waals surface area contributed by atoms with E-state index in [0.717, 1.165) is 48.1 Å². The van der Waals surface area contributed by atoms with Gasteiger partial charge in [-0.15, -0.1) is 23.1 Å². The number of esters is 1. The molecule has 1 aliphatic carbocycles. The summed E-state index contributed by atoms with van der Waals surface area (Å²) in [4.78, 5) is 40.2. The van der Waals surface area contributed by atoms with Crippen molar-refractivity contribution < 1.29 is 19.1 Å². The lowest BCUT2D eigenvalue weighted by Gasteiger charge is -2.13. The lowest BCUT2D eigenvalue weighted by atomic mass is 10.1. The Morgan fingerprint density at radius 2 is 1.75 bits per heavy atom. The summed E-state index contributed by atoms with van der Waals surface area (Å²) >= 11 is 2.88. The summed E-state index contributed by atoms with van der Waals surface area (Å²) in [5, 5.41) is 6.06. The number of carbonyl (C=O) groups excluding carboxylic acids is 3. The number of anilines is 2. The number of fused-ring (bicyclic) bond motifs is 1. The van der Waals surface area contributed by atoms with Crippen molar-refractivity contribution in [1.29, 1.82) is 0 Å². The molecule has 1 aliphatic rings. The number of thiophene rings is 1. The predicted octanol–water partition coefficient (Wildman–Crippen LogP) is 6.48. The van der Waals surface area contributed by atoms with Crippen molar-refractivity contribution in [2.75, 3.05) is 17.7 Å². The highest BCUT2D eigenvalue weighted by Gasteiger charge is 2.27. The summed E-state index contributed by atoms with van der Waals surface area (Å²) in [6.07, 6.45) is 5.01. The first-order valence-corrected chi connectivity index (χ1v) is 13.7. The molecular formula is C28H30N2O4S2. The van der Waals surface area contributed by atoms with Crippen molar-refractivity contribution in [2.24, 2.45) is 0 Å². The van der Waals surface area contributed by atoms with Crippen LogP contribution in [-0.4, -0.2) is 30.1 Å². The van der Waals surface area contributed by atoms with Crippen molar-refractivity contribution in [1.82, 2.24) is 0 Å².